The molecule has 0 saturated carbocycles. The van der Waals surface area contributed by atoms with Crippen LogP contribution in [0.1, 0.15) is 49.3 Å². The largest absolute Gasteiger partial charge is 0.468 e. The Balaban J connectivity index is 0.980. The second-order valence-electron chi connectivity index (χ2n) is 15.1. The van der Waals surface area contributed by atoms with Crippen LogP contribution in [-0.2, 0) is 31.9 Å². The van der Waals surface area contributed by atoms with Crippen molar-refractivity contribution < 1.29 is 33.4 Å². The molecule has 0 aliphatic carbocycles. The molecule has 4 aliphatic heterocycles. The molecule has 1 aromatic heterocycles. The van der Waals surface area contributed by atoms with Gasteiger partial charge < -0.3 is 39.2 Å². The summed E-state index contributed by atoms with van der Waals surface area (Å²) >= 11 is 0. The van der Waals surface area contributed by atoms with Gasteiger partial charge in [0.15, 0.2) is 6.10 Å². The van der Waals surface area contributed by atoms with E-state index in [0.29, 0.717) is 70.8 Å². The molecule has 1 atom stereocenters. The number of nitrogens with zero attached hydrogens (tertiary/aromatic N) is 6. The van der Waals surface area contributed by atoms with E-state index in [1.54, 1.807) is 12.0 Å². The predicted molar refractivity (Wildman–Crippen MR) is 206 cm³/mol. The number of piperazine rings is 1. The van der Waals surface area contributed by atoms with Crippen LogP contribution in [-0.4, -0.2) is 156 Å². The number of fused-ring (bicyclic) bond motifs is 2. The highest BCUT2D eigenvalue weighted by molar-refractivity contribution is 5.91. The summed E-state index contributed by atoms with van der Waals surface area (Å²) in [5.41, 5.74) is 5.31. The number of aryl methyl sites for hydroxylation is 1. The van der Waals surface area contributed by atoms with Gasteiger partial charge in [0.1, 0.15) is 0 Å². The number of carbonyl (C=O) groups is 4. The summed E-state index contributed by atoms with van der Waals surface area (Å²) in [6, 6.07) is 12.5. The molecule has 3 aromatic rings. The number of anilines is 1. The number of hydrogen-bond donors (Lipinski definition) is 2. The maximum absolute atomic E-state index is 14.3. The number of methoxy groups -OCH3 is 1. The Kier molecular flexibility index (Phi) is 12.1. The van der Waals surface area contributed by atoms with E-state index in [-0.39, 0.29) is 30.4 Å². The Hall–Kier alpha value is -4.89. The fourth-order valence-corrected chi connectivity index (χ4v) is 8.59. The zero-order valence-electron chi connectivity index (χ0n) is 32.3. The minimum absolute atomic E-state index is 0.00186. The fraction of sp³-hybridized carbons (Fsp3) is 0.575. The highest BCUT2D eigenvalue weighted by Crippen LogP contribution is 2.27. The lowest BCUT2D eigenvalue weighted by atomic mass is 10.0. The molecule has 296 valence electrons. The van der Waals surface area contributed by atoms with Crippen molar-refractivity contribution in [2.45, 2.75) is 70.6 Å². The van der Waals surface area contributed by atoms with Gasteiger partial charge in [0.05, 0.1) is 31.3 Å². The Morgan fingerprint density at radius 3 is 2.36 bits per heavy atom. The third kappa shape index (κ3) is 8.99. The summed E-state index contributed by atoms with van der Waals surface area (Å²) < 4.78 is 16.6. The van der Waals surface area contributed by atoms with Gasteiger partial charge >= 0.3 is 18.1 Å². The number of benzene rings is 2. The first-order valence-corrected chi connectivity index (χ1v) is 19.7. The molecule has 2 aromatic carbocycles. The van der Waals surface area contributed by atoms with E-state index in [1.165, 1.54) is 0 Å². The van der Waals surface area contributed by atoms with E-state index in [2.05, 4.69) is 25.1 Å². The number of hydrogen-bond acceptors (Lipinski definition) is 10. The number of imidazole rings is 1. The van der Waals surface area contributed by atoms with Crippen LogP contribution in [0.2, 0.25) is 0 Å². The molecular formula is C40H54N8O7. The second-order valence-corrected chi connectivity index (χ2v) is 15.1. The molecule has 0 spiro atoms. The number of H-pyrrole nitrogens is 1. The smallest absolute Gasteiger partial charge is 0.410 e. The number of esters is 1. The van der Waals surface area contributed by atoms with Crippen molar-refractivity contribution in [3.63, 3.8) is 0 Å². The molecule has 15 heteroatoms. The molecule has 2 N–H and O–H groups in total. The number of aromatic nitrogens is 2. The lowest BCUT2D eigenvalue weighted by molar-refractivity contribution is -0.144. The maximum atomic E-state index is 14.3. The van der Waals surface area contributed by atoms with Gasteiger partial charge in [-0.05, 0) is 74.8 Å². The normalized spacial score (nSPS) is 19.8. The summed E-state index contributed by atoms with van der Waals surface area (Å²) in [6.07, 6.45) is 2.62. The average Bonchev–Trinajstić information content (AvgIpc) is 3.55. The number of piperidine rings is 2. The Bertz CT molecular complexity index is 1840. The van der Waals surface area contributed by atoms with Crippen molar-refractivity contribution in [2.75, 3.05) is 84.5 Å². The van der Waals surface area contributed by atoms with Gasteiger partial charge in [-0.15, -0.1) is 0 Å². The summed E-state index contributed by atoms with van der Waals surface area (Å²) in [7, 11) is 1.56. The SMILES string of the molecule is CCOC(=O)CN1CCC(N2CCN(C(=O)[C@@H](Cc3cc(C)c4nc(OC)[nH]c4c3)OC(=O)N3CCC(N4CCc5ccccc5NC4=O)CC3)CC2)CC1. The molecule has 3 fully saturated rings. The van der Waals surface area contributed by atoms with Crippen LogP contribution in [0.5, 0.6) is 6.01 Å². The summed E-state index contributed by atoms with van der Waals surface area (Å²) in [6.45, 7) is 10.2. The molecule has 0 radical (unpaired) electrons. The Morgan fingerprint density at radius 2 is 1.64 bits per heavy atom. The molecule has 5 heterocycles. The number of nitrogens with one attached hydrogen (secondary N) is 2. The van der Waals surface area contributed by atoms with Crippen LogP contribution in [0.3, 0.4) is 0 Å². The first-order chi connectivity index (χ1) is 26.7. The van der Waals surface area contributed by atoms with Crippen molar-refractivity contribution in [1.82, 2.24) is 34.5 Å². The van der Waals surface area contributed by atoms with Crippen molar-refractivity contribution in [1.29, 1.82) is 0 Å². The number of amides is 4. The number of aromatic amines is 1. The van der Waals surface area contributed by atoms with Gasteiger partial charge in [0.2, 0.25) is 0 Å². The topological polar surface area (TPSA) is 153 Å². The number of rotatable bonds is 10. The van der Waals surface area contributed by atoms with Crippen LogP contribution in [0, 0.1) is 6.92 Å². The standard InChI is InChI=1S/C40H54N8O7/c1-4-54-35(49)26-44-14-10-30(11-15-44)45-19-21-46(22-20-45)37(50)34(25-28-23-27(2)36-33(24-28)41-38(43-36)53-3)55-40(52)47-16-12-31(13-17-47)48-18-9-29-7-5-6-8-32(29)42-39(48)51/h5-8,23-24,30-31,34H,4,9-22,25-26H2,1-3H3,(H,41,43)(H,42,51)/t34-/m1/s1. The zero-order chi connectivity index (χ0) is 38.5. The van der Waals surface area contributed by atoms with Gasteiger partial charge in [-0.2, -0.15) is 4.98 Å². The van der Waals surface area contributed by atoms with E-state index in [9.17, 15) is 19.2 Å². The summed E-state index contributed by atoms with van der Waals surface area (Å²) in [4.78, 5) is 70.9. The molecule has 0 unspecified atom stereocenters. The second kappa shape index (κ2) is 17.3. The van der Waals surface area contributed by atoms with E-state index >= 15 is 0 Å². The fourth-order valence-electron chi connectivity index (χ4n) is 8.59. The van der Waals surface area contributed by atoms with Crippen molar-refractivity contribution in [3.8, 4) is 6.01 Å². The number of likely N-dealkylation sites (tertiary alicyclic amines) is 2. The first-order valence-electron chi connectivity index (χ1n) is 19.7. The monoisotopic (exact) mass is 758 g/mol. The minimum atomic E-state index is -1.01. The van der Waals surface area contributed by atoms with Crippen LogP contribution < -0.4 is 10.1 Å². The Morgan fingerprint density at radius 1 is 0.909 bits per heavy atom. The lowest BCUT2D eigenvalue weighted by Crippen LogP contribution is -2.57. The highest BCUT2D eigenvalue weighted by atomic mass is 16.6. The van der Waals surface area contributed by atoms with Crippen molar-refractivity contribution >= 4 is 40.7 Å². The van der Waals surface area contributed by atoms with E-state index < -0.39 is 12.2 Å². The molecule has 7 rings (SSSR count). The van der Waals surface area contributed by atoms with Crippen LogP contribution in [0.4, 0.5) is 15.3 Å². The van der Waals surface area contributed by atoms with Crippen molar-refractivity contribution in [2.24, 2.45) is 0 Å². The minimum Gasteiger partial charge on any atom is -0.468 e. The maximum Gasteiger partial charge on any atom is 0.410 e. The zero-order valence-corrected chi connectivity index (χ0v) is 32.3. The van der Waals surface area contributed by atoms with Gasteiger partial charge in [-0.25, -0.2) is 9.59 Å². The third-order valence-corrected chi connectivity index (χ3v) is 11.6. The third-order valence-electron chi connectivity index (χ3n) is 11.6. The van der Waals surface area contributed by atoms with Crippen LogP contribution in [0.25, 0.3) is 11.0 Å². The van der Waals surface area contributed by atoms with E-state index in [0.717, 1.165) is 78.9 Å². The summed E-state index contributed by atoms with van der Waals surface area (Å²) in [5.74, 6) is -0.381. The number of ether oxygens (including phenoxy) is 3. The van der Waals surface area contributed by atoms with Gasteiger partial charge in [-0.3, -0.25) is 19.4 Å². The number of urea groups is 1. The quantitative estimate of drug-likeness (QED) is 0.293. The molecule has 3 saturated heterocycles. The van der Waals surface area contributed by atoms with Gasteiger partial charge in [-0.1, -0.05) is 24.3 Å². The first kappa shape index (κ1) is 38.4. The van der Waals surface area contributed by atoms with Gasteiger partial charge in [0, 0.05) is 83.1 Å². The lowest BCUT2D eigenvalue weighted by Gasteiger charge is -2.43. The Labute approximate surface area is 322 Å². The predicted octanol–water partition coefficient (Wildman–Crippen LogP) is 3.65. The van der Waals surface area contributed by atoms with Gasteiger partial charge in [0.25, 0.3) is 11.9 Å². The molecular weight excluding hydrogens is 704 g/mol. The van der Waals surface area contributed by atoms with Crippen LogP contribution in [0.15, 0.2) is 36.4 Å². The van der Waals surface area contributed by atoms with E-state index in [4.69, 9.17) is 14.2 Å². The molecule has 15 nitrogen and oxygen atoms in total. The molecule has 0 bridgehead atoms. The average molecular weight is 759 g/mol. The molecule has 4 amide bonds. The van der Waals surface area contributed by atoms with E-state index in [1.807, 2.05) is 60.0 Å². The number of para-hydroxylation sites is 1. The molecule has 55 heavy (non-hydrogen) atoms. The number of carbonyl (C=O) groups excluding carboxylic acids is 4. The van der Waals surface area contributed by atoms with Crippen molar-refractivity contribution in [3.05, 3.63) is 53.1 Å². The molecule has 4 aliphatic rings. The highest BCUT2D eigenvalue weighted by Gasteiger charge is 2.36. The summed E-state index contributed by atoms with van der Waals surface area (Å²) in [5, 5.41) is 3.06. The van der Waals surface area contributed by atoms with Crippen LogP contribution >= 0.6 is 0 Å².